The first kappa shape index (κ1) is 13.2. The average molecular weight is 284 g/mol. The van der Waals surface area contributed by atoms with Crippen LogP contribution in [0.15, 0.2) is 36.5 Å². The second-order valence-corrected chi connectivity index (χ2v) is 6.03. The molecule has 2 saturated heterocycles. The number of aromatic nitrogens is 1. The van der Waals surface area contributed by atoms with Crippen molar-refractivity contribution in [2.45, 2.75) is 31.1 Å². The monoisotopic (exact) mass is 284 g/mol. The Morgan fingerprint density at radius 2 is 2.19 bits per heavy atom. The van der Waals surface area contributed by atoms with E-state index < -0.39 is 6.10 Å². The summed E-state index contributed by atoms with van der Waals surface area (Å²) in [7, 11) is 0. The molecule has 21 heavy (non-hydrogen) atoms. The van der Waals surface area contributed by atoms with Crippen molar-refractivity contribution in [2.75, 3.05) is 19.7 Å². The van der Waals surface area contributed by atoms with Crippen LogP contribution in [-0.2, 0) is 4.74 Å². The van der Waals surface area contributed by atoms with Crippen LogP contribution >= 0.6 is 0 Å². The Hall–Kier alpha value is -1.49. The van der Waals surface area contributed by atoms with Crippen molar-refractivity contribution in [2.24, 2.45) is 0 Å². The van der Waals surface area contributed by atoms with Crippen molar-refractivity contribution in [1.82, 2.24) is 9.88 Å². The van der Waals surface area contributed by atoms with E-state index in [1.807, 2.05) is 30.3 Å². The Bertz CT molecular complexity index is 640. The van der Waals surface area contributed by atoms with E-state index in [1.54, 1.807) is 6.20 Å². The van der Waals surface area contributed by atoms with Crippen molar-refractivity contribution < 1.29 is 9.84 Å². The molecular weight excluding hydrogens is 264 g/mol. The summed E-state index contributed by atoms with van der Waals surface area (Å²) >= 11 is 0. The molecule has 4 rings (SSSR count). The van der Waals surface area contributed by atoms with E-state index in [0.29, 0.717) is 6.04 Å². The maximum Gasteiger partial charge on any atom is 0.108 e. The van der Waals surface area contributed by atoms with E-state index in [0.717, 1.165) is 36.2 Å². The summed E-state index contributed by atoms with van der Waals surface area (Å²) in [6.07, 6.45) is 3.46. The molecule has 0 amide bonds. The third-order valence-electron chi connectivity index (χ3n) is 4.75. The number of aliphatic hydroxyl groups is 1. The Labute approximate surface area is 124 Å². The van der Waals surface area contributed by atoms with Gasteiger partial charge in [0, 0.05) is 29.7 Å². The molecule has 2 aromatic rings. The van der Waals surface area contributed by atoms with Crippen LogP contribution < -0.4 is 0 Å². The lowest BCUT2D eigenvalue weighted by Crippen LogP contribution is -2.48. The van der Waals surface area contributed by atoms with Gasteiger partial charge in [0.1, 0.15) is 12.2 Å². The highest BCUT2D eigenvalue weighted by Gasteiger charge is 2.36. The highest BCUT2D eigenvalue weighted by Crippen LogP contribution is 2.31. The first-order valence-corrected chi connectivity index (χ1v) is 7.70. The lowest BCUT2D eigenvalue weighted by molar-refractivity contribution is -0.103. The van der Waals surface area contributed by atoms with Crippen molar-refractivity contribution in [3.63, 3.8) is 0 Å². The minimum absolute atomic E-state index is 0.160. The van der Waals surface area contributed by atoms with Crippen molar-refractivity contribution in [1.29, 1.82) is 0 Å². The van der Waals surface area contributed by atoms with Gasteiger partial charge in [0.25, 0.3) is 0 Å². The molecule has 0 aliphatic carbocycles. The third-order valence-corrected chi connectivity index (χ3v) is 4.75. The smallest absolute Gasteiger partial charge is 0.108 e. The van der Waals surface area contributed by atoms with Gasteiger partial charge in [-0.3, -0.25) is 9.88 Å². The van der Waals surface area contributed by atoms with E-state index >= 15 is 0 Å². The largest absolute Gasteiger partial charge is 0.386 e. The Morgan fingerprint density at radius 3 is 3.14 bits per heavy atom. The summed E-state index contributed by atoms with van der Waals surface area (Å²) in [6, 6.07) is 10.5. The van der Waals surface area contributed by atoms with Gasteiger partial charge in [-0.05, 0) is 25.5 Å². The van der Waals surface area contributed by atoms with Gasteiger partial charge in [-0.2, -0.15) is 0 Å². The van der Waals surface area contributed by atoms with Gasteiger partial charge in [0.05, 0.1) is 12.1 Å². The predicted octanol–water partition coefficient (Wildman–Crippen LogP) is 2.13. The highest BCUT2D eigenvalue weighted by atomic mass is 16.5. The number of nitrogens with zero attached hydrogens (tertiary/aromatic N) is 2. The summed E-state index contributed by atoms with van der Waals surface area (Å²) in [4.78, 5) is 6.89. The SMILES string of the molecule is OC(c1cccc2cccnc12)C1CN2CCCC2CO1. The standard InChI is InChI=1S/C17H20N2O2/c20-17(15-10-19-9-3-6-13(19)11-21-15)14-7-1-4-12-5-2-8-18-16(12)14/h1-2,4-5,7-8,13,15,17,20H,3,6,9-11H2. The van der Waals surface area contributed by atoms with Gasteiger partial charge < -0.3 is 9.84 Å². The lowest BCUT2D eigenvalue weighted by Gasteiger charge is -2.37. The van der Waals surface area contributed by atoms with E-state index in [9.17, 15) is 5.11 Å². The zero-order chi connectivity index (χ0) is 14.2. The molecule has 1 N–H and O–H groups in total. The summed E-state index contributed by atoms with van der Waals surface area (Å²) in [5.74, 6) is 0. The van der Waals surface area contributed by atoms with Crippen LogP contribution in [-0.4, -0.2) is 46.8 Å². The van der Waals surface area contributed by atoms with Crippen LogP contribution in [0, 0.1) is 0 Å². The molecule has 2 aliphatic rings. The molecule has 0 bridgehead atoms. The average Bonchev–Trinajstić information content (AvgIpc) is 3.01. The third kappa shape index (κ3) is 2.33. The summed E-state index contributed by atoms with van der Waals surface area (Å²) in [5.41, 5.74) is 1.75. The summed E-state index contributed by atoms with van der Waals surface area (Å²) in [6.45, 7) is 2.68. The maximum absolute atomic E-state index is 10.8. The molecule has 1 aromatic carbocycles. The van der Waals surface area contributed by atoms with Gasteiger partial charge in [0.2, 0.25) is 0 Å². The maximum atomic E-state index is 10.8. The quantitative estimate of drug-likeness (QED) is 0.917. The van der Waals surface area contributed by atoms with Crippen LogP contribution in [0.1, 0.15) is 24.5 Å². The Morgan fingerprint density at radius 1 is 1.29 bits per heavy atom. The van der Waals surface area contributed by atoms with Crippen molar-refractivity contribution in [3.8, 4) is 0 Å². The van der Waals surface area contributed by atoms with Gasteiger partial charge in [-0.25, -0.2) is 0 Å². The topological polar surface area (TPSA) is 45.6 Å². The van der Waals surface area contributed by atoms with E-state index in [-0.39, 0.29) is 6.10 Å². The number of benzene rings is 1. The van der Waals surface area contributed by atoms with Crippen LogP contribution in [0.5, 0.6) is 0 Å². The number of hydrogen-bond acceptors (Lipinski definition) is 4. The van der Waals surface area contributed by atoms with Crippen molar-refractivity contribution >= 4 is 10.9 Å². The van der Waals surface area contributed by atoms with Crippen molar-refractivity contribution in [3.05, 3.63) is 42.1 Å². The molecule has 1 aromatic heterocycles. The Kier molecular flexibility index (Phi) is 3.37. The van der Waals surface area contributed by atoms with Gasteiger partial charge in [0.15, 0.2) is 0 Å². The number of pyridine rings is 1. The number of hydrogen-bond donors (Lipinski definition) is 1. The van der Waals surface area contributed by atoms with Crippen LogP contribution in [0.25, 0.3) is 10.9 Å². The number of para-hydroxylation sites is 1. The molecule has 0 radical (unpaired) electrons. The molecule has 0 spiro atoms. The summed E-state index contributed by atoms with van der Waals surface area (Å²) in [5, 5.41) is 11.8. The molecular formula is C17H20N2O2. The number of aliphatic hydroxyl groups excluding tert-OH is 1. The van der Waals surface area contributed by atoms with E-state index in [1.165, 1.54) is 12.8 Å². The van der Waals surface area contributed by atoms with Crippen LogP contribution in [0.3, 0.4) is 0 Å². The number of rotatable bonds is 2. The predicted molar refractivity (Wildman–Crippen MR) is 81.0 cm³/mol. The molecule has 2 fully saturated rings. The zero-order valence-electron chi connectivity index (χ0n) is 12.0. The molecule has 4 heteroatoms. The fourth-order valence-electron chi connectivity index (χ4n) is 3.60. The molecule has 110 valence electrons. The fraction of sp³-hybridized carbons (Fsp3) is 0.471. The second kappa shape index (κ2) is 5.37. The van der Waals surface area contributed by atoms with Gasteiger partial charge in [-0.1, -0.05) is 24.3 Å². The minimum Gasteiger partial charge on any atom is -0.386 e. The van der Waals surface area contributed by atoms with Gasteiger partial charge in [-0.15, -0.1) is 0 Å². The lowest BCUT2D eigenvalue weighted by atomic mass is 9.99. The van der Waals surface area contributed by atoms with E-state index in [2.05, 4.69) is 9.88 Å². The molecule has 3 heterocycles. The number of fused-ring (bicyclic) bond motifs is 2. The number of morpholine rings is 1. The normalized spacial score (nSPS) is 27.7. The van der Waals surface area contributed by atoms with Gasteiger partial charge >= 0.3 is 0 Å². The molecule has 3 unspecified atom stereocenters. The highest BCUT2D eigenvalue weighted by molar-refractivity contribution is 5.81. The van der Waals surface area contributed by atoms with E-state index in [4.69, 9.17) is 4.74 Å². The molecule has 3 atom stereocenters. The van der Waals surface area contributed by atoms with Crippen LogP contribution in [0.4, 0.5) is 0 Å². The first-order chi connectivity index (χ1) is 10.3. The Balaban J connectivity index is 1.62. The molecule has 0 saturated carbocycles. The minimum atomic E-state index is -0.620. The zero-order valence-corrected chi connectivity index (χ0v) is 12.0. The summed E-state index contributed by atoms with van der Waals surface area (Å²) < 4.78 is 5.94. The molecule has 4 nitrogen and oxygen atoms in total. The first-order valence-electron chi connectivity index (χ1n) is 7.70. The fourth-order valence-corrected chi connectivity index (χ4v) is 3.60. The van der Waals surface area contributed by atoms with Crippen LogP contribution in [0.2, 0.25) is 0 Å². The number of ether oxygens (including phenoxy) is 1. The molecule has 2 aliphatic heterocycles. The second-order valence-electron chi connectivity index (χ2n) is 6.03.